The molecule has 1 aromatic heterocycles. The first kappa shape index (κ1) is 10.3. The second kappa shape index (κ2) is 4.10. The quantitative estimate of drug-likeness (QED) is 0.846. The predicted molar refractivity (Wildman–Crippen MR) is 60.8 cm³/mol. The summed E-state index contributed by atoms with van der Waals surface area (Å²) in [4.78, 5) is 11.0. The maximum atomic E-state index is 11.0. The van der Waals surface area contributed by atoms with E-state index in [0.717, 1.165) is 11.4 Å². The van der Waals surface area contributed by atoms with Crippen molar-refractivity contribution in [2.45, 2.75) is 0 Å². The van der Waals surface area contributed by atoms with Crippen molar-refractivity contribution in [1.29, 1.82) is 0 Å². The number of nitrogens with two attached hydrogens (primary N) is 1. The summed E-state index contributed by atoms with van der Waals surface area (Å²) in [7, 11) is 1.61. The number of nitrogens with zero attached hydrogens (tertiary/aromatic N) is 1. The number of primary amides is 1. The van der Waals surface area contributed by atoms with Crippen LogP contribution in [0.15, 0.2) is 42.7 Å². The number of amides is 1. The third kappa shape index (κ3) is 1.77. The van der Waals surface area contributed by atoms with Crippen LogP contribution in [0.25, 0.3) is 5.69 Å². The van der Waals surface area contributed by atoms with Crippen molar-refractivity contribution < 1.29 is 9.53 Å². The average molecular weight is 216 g/mol. The van der Waals surface area contributed by atoms with Gasteiger partial charge in [0.1, 0.15) is 5.75 Å². The summed E-state index contributed by atoms with van der Waals surface area (Å²) in [5.41, 5.74) is 6.54. The van der Waals surface area contributed by atoms with Crippen molar-refractivity contribution in [3.63, 3.8) is 0 Å². The molecule has 82 valence electrons. The van der Waals surface area contributed by atoms with Gasteiger partial charge in [-0.2, -0.15) is 0 Å². The van der Waals surface area contributed by atoms with E-state index in [9.17, 15) is 4.79 Å². The highest BCUT2D eigenvalue weighted by molar-refractivity contribution is 5.92. The van der Waals surface area contributed by atoms with Gasteiger partial charge in [-0.05, 0) is 18.2 Å². The molecule has 4 nitrogen and oxygen atoms in total. The number of methoxy groups -OCH3 is 1. The molecule has 0 saturated heterocycles. The minimum absolute atomic E-state index is 0.436. The zero-order valence-electron chi connectivity index (χ0n) is 8.88. The van der Waals surface area contributed by atoms with Gasteiger partial charge in [-0.3, -0.25) is 4.79 Å². The molecular formula is C12H12N2O2. The number of aromatic nitrogens is 1. The van der Waals surface area contributed by atoms with Crippen molar-refractivity contribution in [1.82, 2.24) is 4.57 Å². The molecule has 4 heteroatoms. The normalized spacial score (nSPS) is 10.1. The largest absolute Gasteiger partial charge is 0.495 e. The van der Waals surface area contributed by atoms with Gasteiger partial charge in [0.15, 0.2) is 0 Å². The van der Waals surface area contributed by atoms with Crippen LogP contribution < -0.4 is 10.5 Å². The summed E-state index contributed by atoms with van der Waals surface area (Å²) in [6.07, 6.45) is 3.46. The Morgan fingerprint density at radius 1 is 1.31 bits per heavy atom. The summed E-state index contributed by atoms with van der Waals surface area (Å²) in [5.74, 6) is 0.308. The van der Waals surface area contributed by atoms with Crippen LogP contribution in [0.3, 0.4) is 0 Å². The summed E-state index contributed by atoms with van der Waals surface area (Å²) >= 11 is 0. The molecule has 2 aromatic rings. The molecule has 2 rings (SSSR count). The van der Waals surface area contributed by atoms with Crippen LogP contribution in [0.5, 0.6) is 5.75 Å². The highest BCUT2D eigenvalue weighted by Crippen LogP contribution is 2.22. The van der Waals surface area contributed by atoms with Gasteiger partial charge in [-0.1, -0.05) is 12.1 Å². The van der Waals surface area contributed by atoms with Crippen molar-refractivity contribution >= 4 is 5.91 Å². The molecule has 0 aliphatic rings. The maximum absolute atomic E-state index is 11.0. The summed E-state index contributed by atoms with van der Waals surface area (Å²) in [6, 6.07) is 9.24. The number of rotatable bonds is 3. The molecule has 0 atom stereocenters. The smallest absolute Gasteiger partial charge is 0.250 e. The van der Waals surface area contributed by atoms with Crippen LogP contribution in [-0.4, -0.2) is 17.6 Å². The third-order valence-corrected chi connectivity index (χ3v) is 2.34. The summed E-state index contributed by atoms with van der Waals surface area (Å²) in [6.45, 7) is 0. The lowest BCUT2D eigenvalue weighted by atomic mass is 10.3. The van der Waals surface area contributed by atoms with E-state index in [1.54, 1.807) is 30.1 Å². The fraction of sp³-hybridized carbons (Fsp3) is 0.0833. The van der Waals surface area contributed by atoms with E-state index in [-0.39, 0.29) is 0 Å². The van der Waals surface area contributed by atoms with Gasteiger partial charge in [-0.15, -0.1) is 0 Å². The van der Waals surface area contributed by atoms with Gasteiger partial charge in [-0.25, -0.2) is 0 Å². The van der Waals surface area contributed by atoms with Crippen LogP contribution >= 0.6 is 0 Å². The fourth-order valence-electron chi connectivity index (χ4n) is 1.54. The molecule has 0 fully saturated rings. The SMILES string of the molecule is COc1ccccc1-n1ccc(C(N)=O)c1. The number of hydrogen-bond acceptors (Lipinski definition) is 2. The maximum Gasteiger partial charge on any atom is 0.250 e. The van der Waals surface area contributed by atoms with Gasteiger partial charge in [0.2, 0.25) is 5.91 Å². The molecule has 16 heavy (non-hydrogen) atoms. The van der Waals surface area contributed by atoms with Crippen LogP contribution in [-0.2, 0) is 0 Å². The average Bonchev–Trinajstić information content (AvgIpc) is 2.78. The molecule has 1 amide bonds. The van der Waals surface area contributed by atoms with E-state index in [1.165, 1.54) is 0 Å². The summed E-state index contributed by atoms with van der Waals surface area (Å²) in [5, 5.41) is 0. The molecule has 1 aromatic carbocycles. The minimum atomic E-state index is -0.436. The van der Waals surface area contributed by atoms with E-state index in [4.69, 9.17) is 10.5 Å². The number of hydrogen-bond donors (Lipinski definition) is 1. The highest BCUT2D eigenvalue weighted by Gasteiger charge is 2.07. The van der Waals surface area contributed by atoms with Gasteiger partial charge in [0.25, 0.3) is 0 Å². The Labute approximate surface area is 93.3 Å². The van der Waals surface area contributed by atoms with E-state index in [2.05, 4.69) is 0 Å². The minimum Gasteiger partial charge on any atom is -0.495 e. The molecule has 0 unspecified atom stereocenters. The second-order valence-electron chi connectivity index (χ2n) is 3.34. The molecule has 0 spiro atoms. The lowest BCUT2D eigenvalue weighted by Gasteiger charge is -2.08. The van der Waals surface area contributed by atoms with Gasteiger partial charge in [0.05, 0.1) is 18.4 Å². The Balaban J connectivity index is 2.46. The van der Waals surface area contributed by atoms with Crippen LogP contribution in [0.1, 0.15) is 10.4 Å². The second-order valence-corrected chi connectivity index (χ2v) is 3.34. The van der Waals surface area contributed by atoms with Crippen LogP contribution in [0, 0.1) is 0 Å². The van der Waals surface area contributed by atoms with E-state index in [1.807, 2.05) is 24.3 Å². The molecule has 0 aliphatic heterocycles. The highest BCUT2D eigenvalue weighted by atomic mass is 16.5. The molecule has 2 N–H and O–H groups in total. The fourth-order valence-corrected chi connectivity index (χ4v) is 1.54. The topological polar surface area (TPSA) is 57.2 Å². The Kier molecular flexibility index (Phi) is 2.64. The van der Waals surface area contributed by atoms with Gasteiger partial charge >= 0.3 is 0 Å². The molecule has 0 bridgehead atoms. The van der Waals surface area contributed by atoms with E-state index in [0.29, 0.717) is 5.56 Å². The number of ether oxygens (including phenoxy) is 1. The van der Waals surface area contributed by atoms with Crippen molar-refractivity contribution in [3.8, 4) is 11.4 Å². The van der Waals surface area contributed by atoms with Crippen LogP contribution in [0.2, 0.25) is 0 Å². The zero-order chi connectivity index (χ0) is 11.5. The first-order valence-corrected chi connectivity index (χ1v) is 4.83. The molecular weight excluding hydrogens is 204 g/mol. The van der Waals surface area contributed by atoms with E-state index >= 15 is 0 Å². The summed E-state index contributed by atoms with van der Waals surface area (Å²) < 4.78 is 7.04. The van der Waals surface area contributed by atoms with Crippen molar-refractivity contribution in [2.75, 3.05) is 7.11 Å². The molecule has 1 heterocycles. The number of carbonyl (C=O) groups excluding carboxylic acids is 1. The molecule has 0 saturated carbocycles. The third-order valence-electron chi connectivity index (χ3n) is 2.34. The lowest BCUT2D eigenvalue weighted by molar-refractivity contribution is 0.100. The first-order chi connectivity index (χ1) is 7.72. The van der Waals surface area contributed by atoms with Crippen LogP contribution in [0.4, 0.5) is 0 Å². The Morgan fingerprint density at radius 3 is 2.69 bits per heavy atom. The van der Waals surface area contributed by atoms with Crippen molar-refractivity contribution in [2.24, 2.45) is 5.73 Å². The monoisotopic (exact) mass is 216 g/mol. The lowest BCUT2D eigenvalue weighted by Crippen LogP contribution is -2.09. The first-order valence-electron chi connectivity index (χ1n) is 4.83. The zero-order valence-corrected chi connectivity index (χ0v) is 8.88. The number of carbonyl (C=O) groups is 1. The predicted octanol–water partition coefficient (Wildman–Crippen LogP) is 1.58. The van der Waals surface area contributed by atoms with Gasteiger partial charge in [0, 0.05) is 12.4 Å². The Hall–Kier alpha value is -2.23. The van der Waals surface area contributed by atoms with Gasteiger partial charge < -0.3 is 15.0 Å². The Bertz CT molecular complexity index is 517. The number of para-hydroxylation sites is 2. The molecule has 0 aliphatic carbocycles. The number of benzene rings is 1. The standard InChI is InChI=1S/C12H12N2O2/c1-16-11-5-3-2-4-10(11)14-7-6-9(8-14)12(13)15/h2-8H,1H3,(H2,13,15). The van der Waals surface area contributed by atoms with Crippen molar-refractivity contribution in [3.05, 3.63) is 48.3 Å². The molecule has 0 radical (unpaired) electrons. The Morgan fingerprint density at radius 2 is 2.06 bits per heavy atom. The van der Waals surface area contributed by atoms with E-state index < -0.39 is 5.91 Å².